The van der Waals surface area contributed by atoms with Crippen molar-refractivity contribution in [2.24, 2.45) is 0 Å². The largest absolute Gasteiger partial charge is 0.416 e. The lowest BCUT2D eigenvalue weighted by atomic mass is 10.1. The first-order valence-electron chi connectivity index (χ1n) is 10.4. The van der Waals surface area contributed by atoms with Crippen molar-refractivity contribution < 1.29 is 18.0 Å². The molecule has 0 unspecified atom stereocenters. The van der Waals surface area contributed by atoms with E-state index in [0.717, 1.165) is 23.3 Å². The molecule has 0 saturated heterocycles. The Morgan fingerprint density at radius 1 is 1.00 bits per heavy atom. The molecule has 0 bridgehead atoms. The number of nitrogen functional groups attached to an aromatic ring is 1. The number of nitrogens with one attached hydrogen (secondary N) is 2. The van der Waals surface area contributed by atoms with Gasteiger partial charge in [0, 0.05) is 12.1 Å². The van der Waals surface area contributed by atoms with E-state index in [-0.39, 0.29) is 11.5 Å². The quantitative estimate of drug-likeness (QED) is 0.350. The topological polar surface area (TPSA) is 85.0 Å². The third kappa shape index (κ3) is 5.03. The molecule has 0 saturated carbocycles. The molecule has 4 N–H and O–H groups in total. The van der Waals surface area contributed by atoms with Crippen molar-refractivity contribution in [1.29, 1.82) is 0 Å². The molecule has 174 valence electrons. The van der Waals surface area contributed by atoms with Crippen LogP contribution in [0.25, 0.3) is 16.9 Å². The lowest BCUT2D eigenvalue weighted by molar-refractivity contribution is -0.137. The predicted molar refractivity (Wildman–Crippen MR) is 125 cm³/mol. The fourth-order valence-electron chi connectivity index (χ4n) is 3.50. The summed E-state index contributed by atoms with van der Waals surface area (Å²) in [6.07, 6.45) is -4.45. The van der Waals surface area contributed by atoms with Gasteiger partial charge in [-0.2, -0.15) is 18.3 Å². The summed E-state index contributed by atoms with van der Waals surface area (Å²) in [5, 5.41) is 10.0. The van der Waals surface area contributed by atoms with Crippen molar-refractivity contribution >= 4 is 17.5 Å². The zero-order chi connectivity index (χ0) is 24.3. The Hall–Kier alpha value is -4.27. The second kappa shape index (κ2) is 9.30. The molecule has 0 atom stereocenters. The van der Waals surface area contributed by atoms with Crippen LogP contribution in [0.1, 0.15) is 16.7 Å². The smallest absolute Gasteiger partial charge is 0.382 e. The summed E-state index contributed by atoms with van der Waals surface area (Å²) < 4.78 is 40.2. The van der Waals surface area contributed by atoms with Crippen LogP contribution in [0.3, 0.4) is 0 Å². The number of carbonyl (C=O) groups excluding carboxylic acids is 1. The highest BCUT2D eigenvalue weighted by atomic mass is 19.4. The first kappa shape index (κ1) is 22.9. The van der Waals surface area contributed by atoms with E-state index < -0.39 is 17.8 Å². The average Bonchev–Trinajstić information content (AvgIpc) is 3.14. The highest BCUT2D eigenvalue weighted by Crippen LogP contribution is 2.35. The van der Waals surface area contributed by atoms with Crippen LogP contribution < -0.4 is 16.4 Å². The molecule has 0 fully saturated rings. The molecule has 4 aromatic rings. The summed E-state index contributed by atoms with van der Waals surface area (Å²) in [5.74, 6) is 0.0873. The molecule has 1 heterocycles. The van der Waals surface area contributed by atoms with Crippen LogP contribution in [0.4, 0.5) is 29.5 Å². The summed E-state index contributed by atoms with van der Waals surface area (Å²) in [7, 11) is 0. The lowest BCUT2D eigenvalue weighted by Crippen LogP contribution is -2.28. The van der Waals surface area contributed by atoms with Crippen LogP contribution in [0.2, 0.25) is 0 Å². The van der Waals surface area contributed by atoms with E-state index in [0.29, 0.717) is 23.5 Å². The number of nitrogens with zero attached hydrogens (tertiary/aromatic N) is 2. The fraction of sp³-hybridized carbons (Fsp3) is 0.120. The molecule has 0 aliphatic heterocycles. The maximum absolute atomic E-state index is 13.0. The number of urea groups is 1. The lowest BCUT2D eigenvalue weighted by Gasteiger charge is -2.10. The molecule has 2 amide bonds. The molecule has 0 aliphatic carbocycles. The van der Waals surface area contributed by atoms with Gasteiger partial charge in [-0.05, 0) is 36.8 Å². The number of amides is 2. The number of aryl methyl sites for hydroxylation is 1. The van der Waals surface area contributed by atoms with E-state index in [4.69, 9.17) is 5.73 Å². The van der Waals surface area contributed by atoms with Gasteiger partial charge in [-0.3, -0.25) is 0 Å². The van der Waals surface area contributed by atoms with Gasteiger partial charge < -0.3 is 16.4 Å². The number of rotatable bonds is 5. The van der Waals surface area contributed by atoms with Crippen molar-refractivity contribution in [3.05, 3.63) is 95.6 Å². The van der Waals surface area contributed by atoms with E-state index in [1.54, 1.807) is 12.1 Å². The van der Waals surface area contributed by atoms with Gasteiger partial charge in [-0.15, -0.1) is 0 Å². The third-order valence-corrected chi connectivity index (χ3v) is 5.18. The van der Waals surface area contributed by atoms with Crippen molar-refractivity contribution in [2.45, 2.75) is 19.6 Å². The van der Waals surface area contributed by atoms with Gasteiger partial charge in [0.05, 0.1) is 11.3 Å². The van der Waals surface area contributed by atoms with Crippen molar-refractivity contribution in [3.63, 3.8) is 0 Å². The van der Waals surface area contributed by atoms with Gasteiger partial charge in [0.25, 0.3) is 0 Å². The fourth-order valence-corrected chi connectivity index (χ4v) is 3.50. The number of hydrogen-bond acceptors (Lipinski definition) is 3. The second-order valence-corrected chi connectivity index (χ2v) is 7.73. The second-order valence-electron chi connectivity index (χ2n) is 7.73. The van der Waals surface area contributed by atoms with Crippen LogP contribution in [0, 0.1) is 6.92 Å². The van der Waals surface area contributed by atoms with Gasteiger partial charge in [0.1, 0.15) is 11.4 Å². The highest BCUT2D eigenvalue weighted by molar-refractivity contribution is 5.97. The monoisotopic (exact) mass is 465 g/mol. The SMILES string of the molecule is Cc1cccc(CNC(=O)Nc2c(-c3ccccc3)nn(-c3ccc(C(F)(F)F)cc3)c2N)c1. The number of aromatic nitrogens is 2. The molecule has 34 heavy (non-hydrogen) atoms. The van der Waals surface area contributed by atoms with E-state index in [1.807, 2.05) is 49.4 Å². The molecule has 6 nitrogen and oxygen atoms in total. The molecule has 0 aliphatic rings. The Balaban J connectivity index is 1.64. The first-order chi connectivity index (χ1) is 16.2. The Morgan fingerprint density at radius 3 is 2.35 bits per heavy atom. The molecular weight excluding hydrogens is 443 g/mol. The van der Waals surface area contributed by atoms with Crippen LogP contribution in [-0.4, -0.2) is 15.8 Å². The standard InChI is InChI=1S/C25H22F3N5O/c1-16-6-5-7-17(14-16)15-30-24(34)31-22-21(18-8-3-2-4-9-18)32-33(23(22)29)20-12-10-19(11-13-20)25(26,27)28/h2-14H,15,29H2,1H3,(H2,30,31,34). The Bertz CT molecular complexity index is 1300. The van der Waals surface area contributed by atoms with Crippen molar-refractivity contribution in [1.82, 2.24) is 15.1 Å². The average molecular weight is 465 g/mol. The van der Waals surface area contributed by atoms with Crippen molar-refractivity contribution in [2.75, 3.05) is 11.1 Å². The number of hydrogen-bond donors (Lipinski definition) is 3. The number of carbonyl (C=O) groups is 1. The van der Waals surface area contributed by atoms with E-state index in [2.05, 4.69) is 15.7 Å². The predicted octanol–water partition coefficient (Wildman–Crippen LogP) is 5.77. The van der Waals surface area contributed by atoms with E-state index >= 15 is 0 Å². The van der Waals surface area contributed by atoms with E-state index in [9.17, 15) is 18.0 Å². The minimum atomic E-state index is -4.45. The molecule has 4 rings (SSSR count). The normalized spacial score (nSPS) is 11.3. The van der Waals surface area contributed by atoms with Crippen LogP contribution in [0.15, 0.2) is 78.9 Å². The summed E-state index contributed by atoms with van der Waals surface area (Å²) in [4.78, 5) is 12.7. The summed E-state index contributed by atoms with van der Waals surface area (Å²) >= 11 is 0. The van der Waals surface area contributed by atoms with Gasteiger partial charge in [-0.25, -0.2) is 9.48 Å². The van der Waals surface area contributed by atoms with Gasteiger partial charge in [0.15, 0.2) is 5.82 Å². The summed E-state index contributed by atoms with van der Waals surface area (Å²) in [6.45, 7) is 2.27. The minimum absolute atomic E-state index is 0.0873. The number of anilines is 2. The maximum Gasteiger partial charge on any atom is 0.416 e. The number of benzene rings is 3. The van der Waals surface area contributed by atoms with Crippen LogP contribution >= 0.6 is 0 Å². The van der Waals surface area contributed by atoms with Crippen LogP contribution in [-0.2, 0) is 12.7 Å². The molecule has 1 aromatic heterocycles. The third-order valence-electron chi connectivity index (χ3n) is 5.18. The Morgan fingerprint density at radius 2 is 1.71 bits per heavy atom. The summed E-state index contributed by atoms with van der Waals surface area (Å²) in [6, 6.07) is 20.8. The van der Waals surface area contributed by atoms with Gasteiger partial charge in [-0.1, -0.05) is 60.2 Å². The zero-order valence-electron chi connectivity index (χ0n) is 18.2. The minimum Gasteiger partial charge on any atom is -0.382 e. The maximum atomic E-state index is 13.0. The first-order valence-corrected chi connectivity index (χ1v) is 10.4. The van der Waals surface area contributed by atoms with Crippen LogP contribution in [0.5, 0.6) is 0 Å². The van der Waals surface area contributed by atoms with Gasteiger partial charge >= 0.3 is 12.2 Å². The Labute approximate surface area is 194 Å². The zero-order valence-corrected chi connectivity index (χ0v) is 18.2. The highest BCUT2D eigenvalue weighted by Gasteiger charge is 2.30. The number of nitrogens with two attached hydrogens (primary N) is 1. The Kier molecular flexibility index (Phi) is 6.27. The molecule has 0 spiro atoms. The molecule has 3 aromatic carbocycles. The van der Waals surface area contributed by atoms with Crippen molar-refractivity contribution in [3.8, 4) is 16.9 Å². The summed E-state index contributed by atoms with van der Waals surface area (Å²) in [5.41, 5.74) is 9.21. The molecular formula is C25H22F3N5O. The number of halogens is 3. The number of alkyl halides is 3. The molecule has 9 heteroatoms. The van der Waals surface area contributed by atoms with E-state index in [1.165, 1.54) is 16.8 Å². The van der Waals surface area contributed by atoms with Gasteiger partial charge in [0.2, 0.25) is 0 Å². The molecule has 0 radical (unpaired) electrons.